The molecule has 3 nitrogen and oxygen atoms in total. The summed E-state index contributed by atoms with van der Waals surface area (Å²) >= 11 is 0. The number of nitrogens with one attached hydrogen (secondary N) is 1. The Hall–Kier alpha value is -0.0900. The van der Waals surface area contributed by atoms with Crippen LogP contribution < -0.4 is 4.72 Å². The lowest BCUT2D eigenvalue weighted by atomic mass is 10.0. The van der Waals surface area contributed by atoms with Gasteiger partial charge in [-0.15, -0.1) is 0 Å². The third-order valence-corrected chi connectivity index (χ3v) is 3.09. The second-order valence-corrected chi connectivity index (χ2v) is 6.02. The molecule has 0 aromatic carbocycles. The predicted octanol–water partition coefficient (Wildman–Crippen LogP) is 1.36. The van der Waals surface area contributed by atoms with E-state index in [0.717, 1.165) is 6.42 Å². The molecule has 0 saturated heterocycles. The van der Waals surface area contributed by atoms with E-state index in [4.69, 9.17) is 0 Å². The summed E-state index contributed by atoms with van der Waals surface area (Å²) in [5.74, 6) is 0.194. The maximum atomic E-state index is 11.3. The van der Waals surface area contributed by atoms with Gasteiger partial charge in [-0.05, 0) is 11.8 Å². The Morgan fingerprint density at radius 3 is 2.08 bits per heavy atom. The first-order valence-electron chi connectivity index (χ1n) is 4.24. The Kier molecular flexibility index (Phi) is 4.20. The zero-order valence-electron chi connectivity index (χ0n) is 8.35. The molecule has 0 bridgehead atoms. The van der Waals surface area contributed by atoms with Crippen molar-refractivity contribution in [2.24, 2.45) is 5.41 Å². The summed E-state index contributed by atoms with van der Waals surface area (Å²) in [4.78, 5) is 0. The highest BCUT2D eigenvalue weighted by molar-refractivity contribution is 7.89. The van der Waals surface area contributed by atoms with Crippen LogP contribution in [0.2, 0.25) is 0 Å². The summed E-state index contributed by atoms with van der Waals surface area (Å²) in [6.07, 6.45) is 0.837. The minimum atomic E-state index is -3.05. The van der Waals surface area contributed by atoms with Gasteiger partial charge < -0.3 is 0 Å². The summed E-state index contributed by atoms with van der Waals surface area (Å²) < 4.78 is 25.1. The Labute approximate surface area is 75.6 Å². The fourth-order valence-electron chi connectivity index (χ4n) is 0.879. The van der Waals surface area contributed by atoms with Gasteiger partial charge in [-0.25, -0.2) is 13.1 Å². The van der Waals surface area contributed by atoms with Crippen LogP contribution in [0.5, 0.6) is 0 Å². The van der Waals surface area contributed by atoms with Crippen molar-refractivity contribution in [2.75, 3.05) is 12.3 Å². The molecule has 0 aliphatic heterocycles. The van der Waals surface area contributed by atoms with Crippen molar-refractivity contribution in [1.82, 2.24) is 4.72 Å². The third-order valence-electron chi connectivity index (χ3n) is 1.20. The van der Waals surface area contributed by atoms with Crippen molar-refractivity contribution < 1.29 is 8.42 Å². The van der Waals surface area contributed by atoms with Crippen LogP contribution in [0.4, 0.5) is 0 Å². The second-order valence-electron chi connectivity index (χ2n) is 4.21. The van der Waals surface area contributed by atoms with Gasteiger partial charge in [-0.1, -0.05) is 27.7 Å². The molecule has 0 aliphatic carbocycles. The van der Waals surface area contributed by atoms with Gasteiger partial charge in [0.1, 0.15) is 0 Å². The first kappa shape index (κ1) is 11.9. The highest BCUT2D eigenvalue weighted by Crippen LogP contribution is 2.14. The SMILES string of the molecule is CCCNS(=O)(=O)CC(C)(C)C. The summed E-state index contributed by atoms with van der Waals surface area (Å²) in [6, 6.07) is 0. The Morgan fingerprint density at radius 1 is 1.25 bits per heavy atom. The van der Waals surface area contributed by atoms with Crippen LogP contribution in [0.3, 0.4) is 0 Å². The molecule has 0 atom stereocenters. The Bertz CT molecular complexity index is 214. The molecule has 0 amide bonds. The minimum Gasteiger partial charge on any atom is -0.215 e. The molecule has 12 heavy (non-hydrogen) atoms. The topological polar surface area (TPSA) is 46.2 Å². The molecule has 0 aromatic rings. The van der Waals surface area contributed by atoms with E-state index in [1.165, 1.54) is 0 Å². The van der Waals surface area contributed by atoms with Crippen molar-refractivity contribution in [3.05, 3.63) is 0 Å². The van der Waals surface area contributed by atoms with Crippen molar-refractivity contribution in [1.29, 1.82) is 0 Å². The van der Waals surface area contributed by atoms with E-state index in [-0.39, 0.29) is 11.2 Å². The molecule has 0 aromatic heterocycles. The molecule has 0 heterocycles. The van der Waals surface area contributed by atoms with Crippen LogP contribution in [-0.4, -0.2) is 20.7 Å². The standard InChI is InChI=1S/C8H19NO2S/c1-5-6-9-12(10,11)7-8(2,3)4/h9H,5-7H2,1-4H3. The van der Waals surface area contributed by atoms with E-state index in [2.05, 4.69) is 4.72 Å². The largest absolute Gasteiger partial charge is 0.215 e. The molecule has 0 spiro atoms. The number of rotatable bonds is 4. The van der Waals surface area contributed by atoms with E-state index >= 15 is 0 Å². The zero-order chi connectivity index (χ0) is 9.83. The molecule has 0 radical (unpaired) electrons. The molecule has 1 N–H and O–H groups in total. The van der Waals surface area contributed by atoms with Crippen molar-refractivity contribution in [2.45, 2.75) is 34.1 Å². The lowest BCUT2D eigenvalue weighted by molar-refractivity contribution is 0.458. The zero-order valence-corrected chi connectivity index (χ0v) is 9.16. The lowest BCUT2D eigenvalue weighted by Gasteiger charge is -2.17. The summed E-state index contributed by atoms with van der Waals surface area (Å²) in [6.45, 7) is 8.23. The molecular weight excluding hydrogens is 174 g/mol. The van der Waals surface area contributed by atoms with E-state index in [1.54, 1.807) is 0 Å². The van der Waals surface area contributed by atoms with Gasteiger partial charge >= 0.3 is 0 Å². The quantitative estimate of drug-likeness (QED) is 0.733. The normalized spacial score (nSPS) is 13.3. The summed E-state index contributed by atoms with van der Waals surface area (Å²) in [5.41, 5.74) is -0.167. The van der Waals surface area contributed by atoms with Crippen LogP contribution in [0.25, 0.3) is 0 Å². The monoisotopic (exact) mass is 193 g/mol. The van der Waals surface area contributed by atoms with Crippen LogP contribution in [-0.2, 0) is 10.0 Å². The van der Waals surface area contributed by atoms with Gasteiger partial charge in [-0.2, -0.15) is 0 Å². The third kappa shape index (κ3) is 6.61. The second kappa shape index (κ2) is 4.23. The van der Waals surface area contributed by atoms with Gasteiger partial charge in [0, 0.05) is 6.54 Å². The number of hydrogen-bond donors (Lipinski definition) is 1. The highest BCUT2D eigenvalue weighted by Gasteiger charge is 2.20. The fraction of sp³-hybridized carbons (Fsp3) is 1.00. The predicted molar refractivity (Wildman–Crippen MR) is 51.5 cm³/mol. The average Bonchev–Trinajstić information content (AvgIpc) is 1.78. The van der Waals surface area contributed by atoms with Crippen LogP contribution in [0.15, 0.2) is 0 Å². The van der Waals surface area contributed by atoms with E-state index in [9.17, 15) is 8.42 Å². The van der Waals surface area contributed by atoms with Gasteiger partial charge in [0.05, 0.1) is 5.75 Å². The molecule has 4 heteroatoms. The van der Waals surface area contributed by atoms with Crippen LogP contribution in [0.1, 0.15) is 34.1 Å². The molecule has 0 fully saturated rings. The van der Waals surface area contributed by atoms with Gasteiger partial charge in [-0.3, -0.25) is 0 Å². The van der Waals surface area contributed by atoms with Crippen LogP contribution in [0, 0.1) is 5.41 Å². The van der Waals surface area contributed by atoms with E-state index < -0.39 is 10.0 Å². The van der Waals surface area contributed by atoms with Gasteiger partial charge in [0.2, 0.25) is 10.0 Å². The average molecular weight is 193 g/mol. The highest BCUT2D eigenvalue weighted by atomic mass is 32.2. The smallest absolute Gasteiger partial charge is 0.212 e. The Balaban J connectivity index is 4.06. The fourth-order valence-corrected chi connectivity index (χ4v) is 2.64. The van der Waals surface area contributed by atoms with E-state index in [1.807, 2.05) is 27.7 Å². The first-order valence-corrected chi connectivity index (χ1v) is 5.89. The Morgan fingerprint density at radius 2 is 1.75 bits per heavy atom. The molecule has 74 valence electrons. The van der Waals surface area contributed by atoms with Crippen molar-refractivity contribution in [3.63, 3.8) is 0 Å². The molecule has 0 unspecified atom stereocenters. The molecule has 0 rings (SSSR count). The van der Waals surface area contributed by atoms with Gasteiger partial charge in [0.25, 0.3) is 0 Å². The first-order chi connectivity index (χ1) is 5.27. The molecular formula is C8H19NO2S. The van der Waals surface area contributed by atoms with Crippen LogP contribution >= 0.6 is 0 Å². The lowest BCUT2D eigenvalue weighted by Crippen LogP contribution is -2.32. The number of hydrogen-bond acceptors (Lipinski definition) is 2. The maximum Gasteiger partial charge on any atom is 0.212 e. The maximum absolute atomic E-state index is 11.3. The van der Waals surface area contributed by atoms with E-state index in [0.29, 0.717) is 6.54 Å². The summed E-state index contributed by atoms with van der Waals surface area (Å²) in [5, 5.41) is 0. The molecule has 0 aliphatic rings. The minimum absolute atomic E-state index is 0.167. The van der Waals surface area contributed by atoms with Crippen molar-refractivity contribution >= 4 is 10.0 Å². The number of sulfonamides is 1. The summed E-state index contributed by atoms with van der Waals surface area (Å²) in [7, 11) is -3.05. The van der Waals surface area contributed by atoms with Gasteiger partial charge in [0.15, 0.2) is 0 Å². The van der Waals surface area contributed by atoms with Crippen molar-refractivity contribution in [3.8, 4) is 0 Å². The molecule has 0 saturated carbocycles.